The van der Waals surface area contributed by atoms with Crippen LogP contribution in [0.1, 0.15) is 18.5 Å². The first-order valence-electron chi connectivity index (χ1n) is 8.52. The van der Waals surface area contributed by atoms with E-state index >= 15 is 0 Å². The number of benzene rings is 2. The summed E-state index contributed by atoms with van der Waals surface area (Å²) in [6, 6.07) is 18.8. The molecule has 1 unspecified atom stereocenters. The number of anilines is 2. The average molecular weight is 364 g/mol. The van der Waals surface area contributed by atoms with Crippen molar-refractivity contribution in [2.75, 3.05) is 10.6 Å². The minimum absolute atomic E-state index is 0.152. The third kappa shape index (κ3) is 4.94. The number of aromatic amines is 1. The van der Waals surface area contributed by atoms with Crippen LogP contribution in [-0.4, -0.2) is 15.5 Å². The Kier molecular flexibility index (Phi) is 5.51. The van der Waals surface area contributed by atoms with Crippen molar-refractivity contribution in [3.05, 3.63) is 93.3 Å². The average Bonchev–Trinajstić information content (AvgIpc) is 2.66. The zero-order valence-corrected chi connectivity index (χ0v) is 14.8. The molecule has 0 saturated carbocycles. The summed E-state index contributed by atoms with van der Waals surface area (Å²) in [5.74, 6) is -0.359. The lowest BCUT2D eigenvalue weighted by atomic mass is 10.1. The molecule has 138 valence electrons. The molecule has 7 heteroatoms. The van der Waals surface area contributed by atoms with Gasteiger partial charge in [0.2, 0.25) is 5.91 Å². The predicted octanol–water partition coefficient (Wildman–Crippen LogP) is 2.35. The summed E-state index contributed by atoms with van der Waals surface area (Å²) >= 11 is 0. The third-order valence-electron chi connectivity index (χ3n) is 4.06. The van der Waals surface area contributed by atoms with Crippen LogP contribution in [-0.2, 0) is 11.3 Å². The van der Waals surface area contributed by atoms with Crippen LogP contribution in [0.15, 0.2) is 76.4 Å². The Hall–Kier alpha value is -3.61. The number of aromatic nitrogens is 2. The van der Waals surface area contributed by atoms with Crippen molar-refractivity contribution in [2.24, 2.45) is 0 Å². The topological polar surface area (TPSA) is 96.0 Å². The molecule has 0 spiro atoms. The van der Waals surface area contributed by atoms with Crippen LogP contribution in [0.25, 0.3) is 0 Å². The summed E-state index contributed by atoms with van der Waals surface area (Å²) in [6.07, 6.45) is 1.29. The number of hydrogen-bond donors (Lipinski definition) is 3. The Bertz CT molecular complexity index is 1020. The van der Waals surface area contributed by atoms with E-state index < -0.39 is 11.2 Å². The fraction of sp³-hybridized carbons (Fsp3) is 0.150. The molecule has 7 nitrogen and oxygen atoms in total. The molecule has 0 aliphatic carbocycles. The molecule has 3 aromatic rings. The van der Waals surface area contributed by atoms with Crippen molar-refractivity contribution in [1.29, 1.82) is 0 Å². The van der Waals surface area contributed by atoms with E-state index in [1.54, 1.807) is 12.1 Å². The fourth-order valence-electron chi connectivity index (χ4n) is 2.65. The van der Waals surface area contributed by atoms with Gasteiger partial charge in [0.25, 0.3) is 5.56 Å². The quantitative estimate of drug-likeness (QED) is 0.626. The van der Waals surface area contributed by atoms with Crippen molar-refractivity contribution >= 4 is 17.3 Å². The lowest BCUT2D eigenvalue weighted by Gasteiger charge is -2.16. The van der Waals surface area contributed by atoms with Crippen LogP contribution in [0, 0.1) is 0 Å². The number of H-pyrrole nitrogens is 1. The number of rotatable bonds is 6. The first kappa shape index (κ1) is 18.2. The van der Waals surface area contributed by atoms with Gasteiger partial charge in [0.1, 0.15) is 6.54 Å². The summed E-state index contributed by atoms with van der Waals surface area (Å²) < 4.78 is 1.13. The van der Waals surface area contributed by atoms with Crippen LogP contribution < -0.4 is 21.9 Å². The zero-order chi connectivity index (χ0) is 19.2. The predicted molar refractivity (Wildman–Crippen MR) is 105 cm³/mol. The van der Waals surface area contributed by atoms with E-state index in [-0.39, 0.29) is 18.5 Å². The maximum Gasteiger partial charge on any atom is 0.328 e. The van der Waals surface area contributed by atoms with Crippen LogP contribution in [0.4, 0.5) is 11.4 Å². The third-order valence-corrected chi connectivity index (χ3v) is 4.06. The number of nitrogens with one attached hydrogen (secondary N) is 3. The standard InChI is InChI=1S/C20H20N4O3/c1-14(15-5-3-2-4-6-15)21-16-7-9-17(10-8-16)22-19(26)13-24-12-11-18(25)23-20(24)27/h2-12,14,21H,13H2,1H3,(H,22,26)(H,23,25,27). The number of carbonyl (C=O) groups excluding carboxylic acids is 1. The molecule has 27 heavy (non-hydrogen) atoms. The number of nitrogens with zero attached hydrogens (tertiary/aromatic N) is 1. The highest BCUT2D eigenvalue weighted by Crippen LogP contribution is 2.20. The Morgan fingerprint density at radius 1 is 1.00 bits per heavy atom. The molecule has 0 fully saturated rings. The Morgan fingerprint density at radius 3 is 2.33 bits per heavy atom. The zero-order valence-electron chi connectivity index (χ0n) is 14.8. The van der Waals surface area contributed by atoms with E-state index in [9.17, 15) is 14.4 Å². The minimum atomic E-state index is -0.618. The van der Waals surface area contributed by atoms with Gasteiger partial charge in [-0.1, -0.05) is 30.3 Å². The van der Waals surface area contributed by atoms with Gasteiger partial charge in [0, 0.05) is 29.7 Å². The molecule has 0 radical (unpaired) electrons. The van der Waals surface area contributed by atoms with Gasteiger partial charge in [-0.3, -0.25) is 19.1 Å². The van der Waals surface area contributed by atoms with Crippen molar-refractivity contribution < 1.29 is 4.79 Å². The first-order chi connectivity index (χ1) is 13.0. The number of hydrogen-bond acceptors (Lipinski definition) is 4. The molecule has 0 bridgehead atoms. The normalized spacial score (nSPS) is 11.6. The fourth-order valence-corrected chi connectivity index (χ4v) is 2.65. The van der Waals surface area contributed by atoms with Gasteiger partial charge in [0.05, 0.1) is 0 Å². The Balaban J connectivity index is 1.59. The molecule has 0 aliphatic heterocycles. The molecule has 3 rings (SSSR count). The van der Waals surface area contributed by atoms with Crippen molar-refractivity contribution in [3.63, 3.8) is 0 Å². The largest absolute Gasteiger partial charge is 0.379 e. The Labute approximate surface area is 155 Å². The van der Waals surface area contributed by atoms with Crippen molar-refractivity contribution in [2.45, 2.75) is 19.5 Å². The number of amides is 1. The highest BCUT2D eigenvalue weighted by atomic mass is 16.2. The van der Waals surface area contributed by atoms with E-state index in [0.717, 1.165) is 10.3 Å². The maximum atomic E-state index is 12.1. The lowest BCUT2D eigenvalue weighted by Crippen LogP contribution is -2.32. The SMILES string of the molecule is CC(Nc1ccc(NC(=O)Cn2ccc(=O)[nH]c2=O)cc1)c1ccccc1. The molecule has 0 aliphatic rings. The van der Waals surface area contributed by atoms with Gasteiger partial charge in [-0.05, 0) is 36.8 Å². The van der Waals surface area contributed by atoms with Gasteiger partial charge in [-0.2, -0.15) is 0 Å². The van der Waals surface area contributed by atoms with Gasteiger partial charge in [-0.15, -0.1) is 0 Å². The molecule has 1 atom stereocenters. The van der Waals surface area contributed by atoms with Crippen molar-refractivity contribution in [3.8, 4) is 0 Å². The van der Waals surface area contributed by atoms with E-state index in [0.29, 0.717) is 5.69 Å². The monoisotopic (exact) mass is 364 g/mol. The second-order valence-corrected chi connectivity index (χ2v) is 6.14. The van der Waals surface area contributed by atoms with Crippen LogP contribution in [0.5, 0.6) is 0 Å². The second kappa shape index (κ2) is 8.18. The summed E-state index contributed by atoms with van der Waals surface area (Å²) in [6.45, 7) is 1.90. The molecule has 1 aromatic heterocycles. The van der Waals surface area contributed by atoms with Gasteiger partial charge < -0.3 is 10.6 Å². The highest BCUT2D eigenvalue weighted by Gasteiger charge is 2.07. The van der Waals surface area contributed by atoms with Crippen LogP contribution in [0.2, 0.25) is 0 Å². The van der Waals surface area contributed by atoms with Gasteiger partial charge in [-0.25, -0.2) is 4.79 Å². The summed E-state index contributed by atoms with van der Waals surface area (Å²) in [5, 5.41) is 6.13. The summed E-state index contributed by atoms with van der Waals surface area (Å²) in [4.78, 5) is 36.9. The van der Waals surface area contributed by atoms with E-state index in [2.05, 4.69) is 34.7 Å². The lowest BCUT2D eigenvalue weighted by molar-refractivity contribution is -0.116. The van der Waals surface area contributed by atoms with Crippen LogP contribution in [0.3, 0.4) is 0 Å². The minimum Gasteiger partial charge on any atom is -0.379 e. The molecule has 1 amide bonds. The molecular formula is C20H20N4O3. The smallest absolute Gasteiger partial charge is 0.328 e. The Morgan fingerprint density at radius 2 is 1.67 bits per heavy atom. The molecule has 2 aromatic carbocycles. The van der Waals surface area contributed by atoms with E-state index in [1.165, 1.54) is 17.8 Å². The summed E-state index contributed by atoms with van der Waals surface area (Å²) in [7, 11) is 0. The molecule has 3 N–H and O–H groups in total. The van der Waals surface area contributed by atoms with Gasteiger partial charge in [0.15, 0.2) is 0 Å². The molecule has 1 heterocycles. The second-order valence-electron chi connectivity index (χ2n) is 6.14. The van der Waals surface area contributed by atoms with E-state index in [1.807, 2.05) is 30.3 Å². The summed E-state index contributed by atoms with van der Waals surface area (Å²) in [5.41, 5.74) is 1.62. The first-order valence-corrected chi connectivity index (χ1v) is 8.52. The van der Waals surface area contributed by atoms with E-state index in [4.69, 9.17) is 0 Å². The molecular weight excluding hydrogens is 344 g/mol. The van der Waals surface area contributed by atoms with Crippen LogP contribution >= 0.6 is 0 Å². The van der Waals surface area contributed by atoms with Crippen molar-refractivity contribution in [1.82, 2.24) is 9.55 Å². The maximum absolute atomic E-state index is 12.1. The number of carbonyl (C=O) groups is 1. The van der Waals surface area contributed by atoms with Gasteiger partial charge >= 0.3 is 5.69 Å². The highest BCUT2D eigenvalue weighted by molar-refractivity contribution is 5.90. The molecule has 0 saturated heterocycles.